The summed E-state index contributed by atoms with van der Waals surface area (Å²) in [6, 6.07) is 0.829. The quantitative estimate of drug-likeness (QED) is 0.834. The zero-order valence-electron chi connectivity index (χ0n) is 10.8. The van der Waals surface area contributed by atoms with E-state index in [0.29, 0.717) is 17.9 Å². The van der Waals surface area contributed by atoms with Crippen LogP contribution in [-0.2, 0) is 10.8 Å². The van der Waals surface area contributed by atoms with Crippen molar-refractivity contribution < 1.29 is 8.63 Å². The third-order valence-electron chi connectivity index (χ3n) is 3.04. The normalized spacial score (nSPS) is 25.9. The molecule has 1 saturated heterocycles. The number of rotatable bonds is 5. The van der Waals surface area contributed by atoms with Gasteiger partial charge < -0.3 is 15.1 Å². The van der Waals surface area contributed by atoms with Crippen molar-refractivity contribution in [2.45, 2.75) is 38.8 Å². The van der Waals surface area contributed by atoms with Crippen LogP contribution in [0.25, 0.3) is 0 Å². The van der Waals surface area contributed by atoms with Gasteiger partial charge in [-0.3, -0.25) is 4.21 Å². The third-order valence-corrected chi connectivity index (χ3v) is 4.42. The van der Waals surface area contributed by atoms with Gasteiger partial charge in [0.2, 0.25) is 5.89 Å². The van der Waals surface area contributed by atoms with Crippen LogP contribution in [0.5, 0.6) is 0 Å². The average Bonchev–Trinajstić information content (AvgIpc) is 2.81. The summed E-state index contributed by atoms with van der Waals surface area (Å²) < 4.78 is 16.8. The Hall–Kier alpha value is -0.950. The first-order valence-electron chi connectivity index (χ1n) is 6.37. The van der Waals surface area contributed by atoms with Gasteiger partial charge in [0, 0.05) is 28.3 Å². The summed E-state index contributed by atoms with van der Waals surface area (Å²) >= 11 is 0. The highest BCUT2D eigenvalue weighted by atomic mass is 32.2. The van der Waals surface area contributed by atoms with E-state index in [4.69, 9.17) is 4.42 Å². The van der Waals surface area contributed by atoms with Gasteiger partial charge in [-0.15, -0.1) is 5.10 Å². The second-order valence-electron chi connectivity index (χ2n) is 4.49. The van der Waals surface area contributed by atoms with Crippen molar-refractivity contribution in [1.29, 1.82) is 0 Å². The molecule has 2 N–H and O–H groups in total. The van der Waals surface area contributed by atoms with Gasteiger partial charge in [0.15, 0.2) is 0 Å². The molecule has 1 fully saturated rings. The number of aromatic nitrogens is 2. The van der Waals surface area contributed by atoms with Crippen molar-refractivity contribution in [3.05, 3.63) is 5.89 Å². The predicted octanol–water partition coefficient (Wildman–Crippen LogP) is 1.06. The van der Waals surface area contributed by atoms with Crippen molar-refractivity contribution in [2.24, 2.45) is 0 Å². The molecule has 1 aromatic heterocycles. The van der Waals surface area contributed by atoms with E-state index in [-0.39, 0.29) is 6.04 Å². The summed E-state index contributed by atoms with van der Waals surface area (Å²) in [7, 11) is -0.640. The molecule has 1 unspecified atom stereocenters. The minimum Gasteiger partial charge on any atom is -0.406 e. The van der Waals surface area contributed by atoms with Crippen LogP contribution in [0.2, 0.25) is 0 Å². The molecule has 1 aliphatic heterocycles. The van der Waals surface area contributed by atoms with Crippen molar-refractivity contribution in [3.8, 4) is 0 Å². The van der Waals surface area contributed by atoms with Crippen LogP contribution >= 0.6 is 0 Å². The largest absolute Gasteiger partial charge is 0.406 e. The van der Waals surface area contributed by atoms with Gasteiger partial charge in [0.05, 0.1) is 6.04 Å². The van der Waals surface area contributed by atoms with Crippen molar-refractivity contribution in [2.75, 3.05) is 23.4 Å². The smallest absolute Gasteiger partial charge is 0.315 e. The summed E-state index contributed by atoms with van der Waals surface area (Å²) in [5.74, 6) is 2.11. The Morgan fingerprint density at radius 3 is 2.83 bits per heavy atom. The molecule has 0 spiro atoms. The first-order chi connectivity index (χ1) is 8.69. The Kier molecular flexibility index (Phi) is 4.71. The van der Waals surface area contributed by atoms with Gasteiger partial charge in [-0.25, -0.2) is 0 Å². The van der Waals surface area contributed by atoms with Gasteiger partial charge in [0.1, 0.15) is 0 Å². The predicted molar refractivity (Wildman–Crippen MR) is 70.9 cm³/mol. The number of nitrogens with one attached hydrogen (secondary N) is 2. The van der Waals surface area contributed by atoms with Crippen LogP contribution in [0, 0.1) is 0 Å². The summed E-state index contributed by atoms with van der Waals surface area (Å²) in [5.41, 5.74) is 0. The van der Waals surface area contributed by atoms with E-state index < -0.39 is 10.8 Å². The maximum atomic E-state index is 11.3. The molecule has 2 heterocycles. The van der Waals surface area contributed by atoms with Gasteiger partial charge in [-0.1, -0.05) is 12.0 Å². The highest BCUT2D eigenvalue weighted by Crippen LogP contribution is 2.17. The molecule has 0 amide bonds. The molecule has 1 atom stereocenters. The van der Waals surface area contributed by atoms with E-state index in [1.165, 1.54) is 0 Å². The average molecular weight is 272 g/mol. The Morgan fingerprint density at radius 1 is 1.44 bits per heavy atom. The molecule has 18 heavy (non-hydrogen) atoms. The molecule has 102 valence electrons. The topological polar surface area (TPSA) is 80.0 Å². The Morgan fingerprint density at radius 2 is 2.17 bits per heavy atom. The zero-order chi connectivity index (χ0) is 13.0. The first kappa shape index (κ1) is 13.5. The minimum absolute atomic E-state index is 0.0666. The summed E-state index contributed by atoms with van der Waals surface area (Å²) in [4.78, 5) is 0. The van der Waals surface area contributed by atoms with Crippen LogP contribution in [0.1, 0.15) is 38.6 Å². The van der Waals surface area contributed by atoms with E-state index >= 15 is 0 Å². The van der Waals surface area contributed by atoms with Crippen molar-refractivity contribution in [3.63, 3.8) is 0 Å². The molecular weight excluding hydrogens is 252 g/mol. The fourth-order valence-electron chi connectivity index (χ4n) is 1.97. The Balaban J connectivity index is 1.88. The second kappa shape index (κ2) is 6.29. The molecule has 1 aliphatic rings. The van der Waals surface area contributed by atoms with Crippen LogP contribution in [0.3, 0.4) is 0 Å². The van der Waals surface area contributed by atoms with E-state index in [1.54, 1.807) is 0 Å². The van der Waals surface area contributed by atoms with E-state index in [9.17, 15) is 4.21 Å². The molecule has 7 heteroatoms. The van der Waals surface area contributed by atoms with Crippen LogP contribution < -0.4 is 10.6 Å². The van der Waals surface area contributed by atoms with Crippen LogP contribution in [0.15, 0.2) is 4.42 Å². The summed E-state index contributed by atoms with van der Waals surface area (Å²) in [5, 5.41) is 14.4. The highest BCUT2D eigenvalue weighted by Gasteiger charge is 2.20. The van der Waals surface area contributed by atoms with Gasteiger partial charge in [-0.05, 0) is 26.3 Å². The standard InChI is InChI=1S/C11H20N4O2S/c1-3-12-8(2)10-14-15-11(17-10)13-9-4-6-18(16)7-5-9/h8-9,12H,3-7H2,1-2H3,(H,13,15). The number of hydrogen-bond acceptors (Lipinski definition) is 6. The molecule has 2 rings (SSSR count). The number of anilines is 1. The lowest BCUT2D eigenvalue weighted by Crippen LogP contribution is -2.29. The summed E-state index contributed by atoms with van der Waals surface area (Å²) in [6.45, 7) is 4.89. The van der Waals surface area contributed by atoms with Crippen molar-refractivity contribution in [1.82, 2.24) is 15.5 Å². The van der Waals surface area contributed by atoms with Crippen LogP contribution in [0.4, 0.5) is 6.01 Å². The molecule has 0 saturated carbocycles. The highest BCUT2D eigenvalue weighted by molar-refractivity contribution is 7.85. The summed E-state index contributed by atoms with van der Waals surface area (Å²) in [6.07, 6.45) is 1.79. The zero-order valence-corrected chi connectivity index (χ0v) is 11.6. The Bertz CT molecular complexity index is 400. The second-order valence-corrected chi connectivity index (χ2v) is 6.19. The monoisotopic (exact) mass is 272 g/mol. The van der Waals surface area contributed by atoms with Gasteiger partial charge in [0.25, 0.3) is 0 Å². The minimum atomic E-state index is -0.640. The number of nitrogens with zero attached hydrogens (tertiary/aromatic N) is 2. The van der Waals surface area contributed by atoms with Gasteiger partial charge in [-0.2, -0.15) is 0 Å². The van der Waals surface area contributed by atoms with Crippen molar-refractivity contribution >= 4 is 16.8 Å². The lowest BCUT2D eigenvalue weighted by molar-refractivity contribution is 0.425. The first-order valence-corrected chi connectivity index (χ1v) is 7.86. The maximum absolute atomic E-state index is 11.3. The third kappa shape index (κ3) is 3.52. The molecule has 0 aliphatic carbocycles. The fraction of sp³-hybridized carbons (Fsp3) is 0.818. The van der Waals surface area contributed by atoms with Crippen LogP contribution in [-0.4, -0.2) is 38.5 Å². The molecule has 6 nitrogen and oxygen atoms in total. The van der Waals surface area contributed by atoms with E-state index in [2.05, 4.69) is 20.8 Å². The molecular formula is C11H20N4O2S. The SMILES string of the molecule is CCNC(C)c1nnc(NC2CCS(=O)CC2)o1. The number of hydrogen-bond donors (Lipinski definition) is 2. The fourth-order valence-corrected chi connectivity index (χ4v) is 3.27. The van der Waals surface area contributed by atoms with E-state index in [0.717, 1.165) is 30.9 Å². The lowest BCUT2D eigenvalue weighted by atomic mass is 10.2. The Labute approximate surface area is 109 Å². The lowest BCUT2D eigenvalue weighted by Gasteiger charge is -2.21. The molecule has 0 radical (unpaired) electrons. The molecule has 0 bridgehead atoms. The van der Waals surface area contributed by atoms with Gasteiger partial charge >= 0.3 is 6.01 Å². The maximum Gasteiger partial charge on any atom is 0.315 e. The van der Waals surface area contributed by atoms with E-state index in [1.807, 2.05) is 13.8 Å². The molecule has 1 aromatic rings. The molecule has 0 aromatic carbocycles.